The Balaban J connectivity index is 2.27. The van der Waals surface area contributed by atoms with Gasteiger partial charge in [-0.1, -0.05) is 13.3 Å². The number of carbonyl (C=O) groups excluding carboxylic acids is 1. The molecule has 18 heavy (non-hydrogen) atoms. The summed E-state index contributed by atoms with van der Waals surface area (Å²) in [5, 5.41) is 14.3. The summed E-state index contributed by atoms with van der Waals surface area (Å²) in [5.41, 5.74) is 0. The van der Waals surface area contributed by atoms with Crippen LogP contribution in [0.3, 0.4) is 0 Å². The van der Waals surface area contributed by atoms with E-state index in [2.05, 4.69) is 17.6 Å². The Labute approximate surface area is 112 Å². The number of carboxylic acid groups (broad SMARTS) is 1. The van der Waals surface area contributed by atoms with E-state index in [-0.39, 0.29) is 12.1 Å². The molecule has 104 valence electrons. The zero-order chi connectivity index (χ0) is 13.5. The van der Waals surface area contributed by atoms with Crippen LogP contribution in [0.1, 0.15) is 32.6 Å². The molecule has 2 unspecified atom stereocenters. The van der Waals surface area contributed by atoms with E-state index in [1.54, 1.807) is 11.8 Å². The fraction of sp³-hybridized carbons (Fsp3) is 0.833. The summed E-state index contributed by atoms with van der Waals surface area (Å²) in [6, 6.07) is -0.909. The monoisotopic (exact) mass is 274 g/mol. The molecular formula is C12H22N2O3S. The highest BCUT2D eigenvalue weighted by molar-refractivity contribution is 7.98. The molecule has 1 saturated carbocycles. The number of aliphatic carboxylic acids is 1. The van der Waals surface area contributed by atoms with E-state index >= 15 is 0 Å². The third kappa shape index (κ3) is 5.16. The number of urea groups is 1. The van der Waals surface area contributed by atoms with Gasteiger partial charge in [0.05, 0.1) is 0 Å². The van der Waals surface area contributed by atoms with Crippen molar-refractivity contribution in [2.75, 3.05) is 12.0 Å². The van der Waals surface area contributed by atoms with E-state index in [1.807, 2.05) is 6.26 Å². The van der Waals surface area contributed by atoms with Crippen LogP contribution in [0, 0.1) is 5.92 Å². The highest BCUT2D eigenvalue weighted by Crippen LogP contribution is 2.34. The molecule has 3 atom stereocenters. The Hall–Kier alpha value is -0.910. The number of rotatable bonds is 8. The smallest absolute Gasteiger partial charge is 0.326 e. The lowest BCUT2D eigenvalue weighted by Gasteiger charge is -2.14. The SMILES string of the molecule is CCCC1CC1NC(=O)N[C@H](CCSC)C(=O)O. The van der Waals surface area contributed by atoms with Crippen LogP contribution in [-0.4, -0.2) is 41.2 Å². The Kier molecular flexibility index (Phi) is 6.32. The summed E-state index contributed by atoms with van der Waals surface area (Å²) in [4.78, 5) is 22.6. The fourth-order valence-electron chi connectivity index (χ4n) is 1.98. The van der Waals surface area contributed by atoms with Crippen molar-refractivity contribution in [3.8, 4) is 0 Å². The van der Waals surface area contributed by atoms with Gasteiger partial charge in [-0.25, -0.2) is 9.59 Å². The van der Waals surface area contributed by atoms with Gasteiger partial charge in [0, 0.05) is 6.04 Å². The summed E-state index contributed by atoms with van der Waals surface area (Å²) < 4.78 is 0. The molecule has 3 N–H and O–H groups in total. The predicted octanol–water partition coefficient (Wildman–Crippen LogP) is 1.68. The molecule has 1 aliphatic carbocycles. The summed E-state index contributed by atoms with van der Waals surface area (Å²) in [5.74, 6) is 0.328. The Morgan fingerprint density at radius 2 is 2.22 bits per heavy atom. The van der Waals surface area contributed by atoms with Crippen molar-refractivity contribution in [2.45, 2.75) is 44.7 Å². The van der Waals surface area contributed by atoms with Crippen LogP contribution < -0.4 is 10.6 Å². The number of carbonyl (C=O) groups is 2. The van der Waals surface area contributed by atoms with Gasteiger partial charge in [-0.3, -0.25) is 0 Å². The normalized spacial score (nSPS) is 23.2. The molecule has 1 fully saturated rings. The zero-order valence-corrected chi connectivity index (χ0v) is 11.8. The second-order valence-corrected chi connectivity index (χ2v) is 5.67. The number of hydrogen-bond acceptors (Lipinski definition) is 3. The highest BCUT2D eigenvalue weighted by atomic mass is 32.2. The van der Waals surface area contributed by atoms with Gasteiger partial charge in [-0.15, -0.1) is 0 Å². The van der Waals surface area contributed by atoms with Crippen LogP contribution in [0.5, 0.6) is 0 Å². The molecule has 0 aromatic rings. The molecule has 1 aliphatic rings. The minimum absolute atomic E-state index is 0.236. The molecule has 0 heterocycles. The van der Waals surface area contributed by atoms with Gasteiger partial charge < -0.3 is 15.7 Å². The molecule has 5 nitrogen and oxygen atoms in total. The van der Waals surface area contributed by atoms with Crippen molar-refractivity contribution < 1.29 is 14.7 Å². The predicted molar refractivity (Wildman–Crippen MR) is 72.9 cm³/mol. The van der Waals surface area contributed by atoms with Gasteiger partial charge in [0.25, 0.3) is 0 Å². The first kappa shape index (κ1) is 15.1. The van der Waals surface area contributed by atoms with Crippen molar-refractivity contribution in [3.05, 3.63) is 0 Å². The van der Waals surface area contributed by atoms with Crippen molar-refractivity contribution in [1.29, 1.82) is 0 Å². The molecule has 0 aromatic heterocycles. The van der Waals surface area contributed by atoms with Crippen LogP contribution in [0.15, 0.2) is 0 Å². The van der Waals surface area contributed by atoms with E-state index in [0.717, 1.165) is 25.0 Å². The van der Waals surface area contributed by atoms with Gasteiger partial charge in [0.1, 0.15) is 6.04 Å². The Bertz CT molecular complexity index is 299. The molecule has 0 bridgehead atoms. The molecular weight excluding hydrogens is 252 g/mol. The molecule has 6 heteroatoms. The minimum Gasteiger partial charge on any atom is -0.480 e. The fourth-order valence-corrected chi connectivity index (χ4v) is 2.45. The van der Waals surface area contributed by atoms with Gasteiger partial charge >= 0.3 is 12.0 Å². The minimum atomic E-state index is -0.972. The van der Waals surface area contributed by atoms with E-state index in [0.29, 0.717) is 12.3 Å². The third-order valence-electron chi connectivity index (χ3n) is 3.11. The van der Waals surface area contributed by atoms with Gasteiger partial charge in [-0.05, 0) is 37.2 Å². The average Bonchev–Trinajstić information content (AvgIpc) is 3.02. The van der Waals surface area contributed by atoms with Crippen LogP contribution >= 0.6 is 11.8 Å². The topological polar surface area (TPSA) is 78.4 Å². The molecule has 1 rings (SSSR count). The van der Waals surface area contributed by atoms with Crippen LogP contribution in [0.4, 0.5) is 4.79 Å². The van der Waals surface area contributed by atoms with Crippen LogP contribution in [0.2, 0.25) is 0 Å². The first-order valence-corrected chi connectivity index (χ1v) is 7.76. The molecule has 0 aromatic carbocycles. The van der Waals surface area contributed by atoms with Crippen molar-refractivity contribution in [1.82, 2.24) is 10.6 Å². The molecule has 0 radical (unpaired) electrons. The van der Waals surface area contributed by atoms with E-state index in [9.17, 15) is 9.59 Å². The summed E-state index contributed by atoms with van der Waals surface area (Å²) in [6.45, 7) is 2.12. The maximum absolute atomic E-state index is 11.6. The summed E-state index contributed by atoms with van der Waals surface area (Å²) in [7, 11) is 0. The molecule has 2 amide bonds. The second-order valence-electron chi connectivity index (χ2n) is 4.68. The molecule has 0 spiro atoms. The number of carboxylic acids is 1. The van der Waals surface area contributed by atoms with Crippen LogP contribution in [-0.2, 0) is 4.79 Å². The van der Waals surface area contributed by atoms with E-state index < -0.39 is 12.0 Å². The summed E-state index contributed by atoms with van der Waals surface area (Å²) >= 11 is 1.57. The number of amides is 2. The van der Waals surface area contributed by atoms with Crippen molar-refractivity contribution in [3.63, 3.8) is 0 Å². The van der Waals surface area contributed by atoms with Gasteiger partial charge in [-0.2, -0.15) is 11.8 Å². The average molecular weight is 274 g/mol. The van der Waals surface area contributed by atoms with Gasteiger partial charge in [0.2, 0.25) is 0 Å². The van der Waals surface area contributed by atoms with E-state index in [1.165, 1.54) is 0 Å². The first-order valence-electron chi connectivity index (χ1n) is 6.37. The molecule has 0 saturated heterocycles. The van der Waals surface area contributed by atoms with Crippen molar-refractivity contribution >= 4 is 23.8 Å². The zero-order valence-electron chi connectivity index (χ0n) is 10.9. The largest absolute Gasteiger partial charge is 0.480 e. The molecule has 0 aliphatic heterocycles. The third-order valence-corrected chi connectivity index (χ3v) is 3.76. The van der Waals surface area contributed by atoms with Crippen LogP contribution in [0.25, 0.3) is 0 Å². The second kappa shape index (κ2) is 7.51. The first-order chi connectivity index (χ1) is 8.58. The van der Waals surface area contributed by atoms with Crippen molar-refractivity contribution in [2.24, 2.45) is 5.92 Å². The van der Waals surface area contributed by atoms with Gasteiger partial charge in [0.15, 0.2) is 0 Å². The highest BCUT2D eigenvalue weighted by Gasteiger charge is 2.37. The quantitative estimate of drug-likeness (QED) is 0.629. The van der Waals surface area contributed by atoms with E-state index in [4.69, 9.17) is 5.11 Å². The number of thioether (sulfide) groups is 1. The lowest BCUT2D eigenvalue weighted by atomic mass is 10.2. The standard InChI is InChI=1S/C12H22N2O3S/c1-3-4-8-7-10(8)14-12(17)13-9(11(15)16)5-6-18-2/h8-10H,3-7H2,1-2H3,(H,15,16)(H2,13,14,17)/t8?,9-,10?/m1/s1. The number of nitrogens with one attached hydrogen (secondary N) is 2. The number of hydrogen-bond donors (Lipinski definition) is 3. The Morgan fingerprint density at radius 3 is 2.78 bits per heavy atom. The summed E-state index contributed by atoms with van der Waals surface area (Å²) in [6.07, 6.45) is 5.63. The maximum Gasteiger partial charge on any atom is 0.326 e. The Morgan fingerprint density at radius 1 is 1.50 bits per heavy atom. The maximum atomic E-state index is 11.6. The lowest BCUT2D eigenvalue weighted by Crippen LogP contribution is -2.47. The lowest BCUT2D eigenvalue weighted by molar-refractivity contribution is -0.139.